The van der Waals surface area contributed by atoms with E-state index in [1.807, 2.05) is 0 Å². The third kappa shape index (κ3) is 1.80. The number of thiol groups is 1. The largest absolute Gasteiger partial charge is 0.514 e. The molecule has 1 unspecified atom stereocenters. The maximum Gasteiger partial charge on any atom is 0.214 e. The van der Waals surface area contributed by atoms with Crippen LogP contribution in [0.4, 0.5) is 0 Å². The molecule has 7 nitrogen and oxygen atoms in total. The molecule has 1 heterocycles. The second kappa shape index (κ2) is 3.90. The van der Waals surface area contributed by atoms with E-state index in [-0.39, 0.29) is 11.0 Å². The minimum atomic E-state index is -2.19. The minimum Gasteiger partial charge on any atom is -0.514 e. The highest BCUT2D eigenvalue weighted by Crippen LogP contribution is 2.22. The molecule has 4 N–H and O–H groups in total. The molecule has 0 fully saturated rings. The summed E-state index contributed by atoms with van der Waals surface area (Å²) >= 11 is 3.94. The Labute approximate surface area is 90.9 Å². The summed E-state index contributed by atoms with van der Waals surface area (Å²) in [7, 11) is 1.52. The smallest absolute Gasteiger partial charge is 0.214 e. The van der Waals surface area contributed by atoms with Crippen molar-refractivity contribution in [1.82, 2.24) is 14.8 Å². The number of nitrogens with two attached hydrogens (primary N) is 1. The lowest BCUT2D eigenvalue weighted by Crippen LogP contribution is -2.40. The van der Waals surface area contributed by atoms with Gasteiger partial charge in [-0.1, -0.05) is 0 Å². The van der Waals surface area contributed by atoms with Crippen LogP contribution in [0.2, 0.25) is 0 Å². The van der Waals surface area contributed by atoms with E-state index in [1.165, 1.54) is 11.6 Å². The van der Waals surface area contributed by atoms with Crippen LogP contribution in [0.1, 0.15) is 5.82 Å². The van der Waals surface area contributed by atoms with E-state index in [0.29, 0.717) is 6.26 Å². The highest BCUT2D eigenvalue weighted by molar-refractivity contribution is 7.80. The quantitative estimate of drug-likeness (QED) is 0.226. The molecule has 0 saturated carbocycles. The molecule has 8 heteroatoms. The number of rotatable bonds is 2. The fraction of sp³-hybridized carbons (Fsp3) is 0.286. The van der Waals surface area contributed by atoms with Crippen molar-refractivity contribution in [2.75, 3.05) is 0 Å². The first-order valence-electron chi connectivity index (χ1n) is 3.80. The summed E-state index contributed by atoms with van der Waals surface area (Å²) in [6, 6.07) is 1.56. The van der Waals surface area contributed by atoms with Gasteiger partial charge in [-0.3, -0.25) is 5.73 Å². The highest BCUT2D eigenvalue weighted by Gasteiger charge is 2.35. The van der Waals surface area contributed by atoms with E-state index < -0.39 is 11.3 Å². The van der Waals surface area contributed by atoms with Gasteiger partial charge in [0.25, 0.3) is 0 Å². The number of aliphatic hydroxyl groups excluding tert-OH is 1. The monoisotopic (exact) mass is 227 g/mol. The summed E-state index contributed by atoms with van der Waals surface area (Å²) in [5.41, 5.74) is 2.84. The zero-order chi connectivity index (χ0) is 11.6. The first-order valence-corrected chi connectivity index (χ1v) is 4.25. The average molecular weight is 227 g/mol. The molecule has 1 atom stereocenters. The van der Waals surface area contributed by atoms with E-state index in [2.05, 4.69) is 22.8 Å². The summed E-state index contributed by atoms with van der Waals surface area (Å²) in [6.45, 7) is 0. The zero-order valence-electron chi connectivity index (χ0n) is 7.79. The Balaban J connectivity index is 3.29. The summed E-state index contributed by atoms with van der Waals surface area (Å²) in [5.74, 6) is -0.0886. The van der Waals surface area contributed by atoms with Gasteiger partial charge in [0, 0.05) is 7.05 Å². The molecule has 1 aromatic rings. The lowest BCUT2D eigenvalue weighted by molar-refractivity contribution is 0.0723. The third-order valence-electron chi connectivity index (χ3n) is 1.85. The van der Waals surface area contributed by atoms with Gasteiger partial charge < -0.3 is 14.8 Å². The molecule has 0 spiro atoms. The molecule has 15 heavy (non-hydrogen) atoms. The topological polar surface area (TPSA) is 121 Å². The van der Waals surface area contributed by atoms with Gasteiger partial charge in [-0.05, 0) is 0 Å². The molecule has 80 valence electrons. The van der Waals surface area contributed by atoms with Gasteiger partial charge in [0.1, 0.15) is 11.6 Å². The Morgan fingerprint density at radius 1 is 1.73 bits per heavy atom. The maximum absolute atomic E-state index is 9.81. The van der Waals surface area contributed by atoms with Crippen molar-refractivity contribution < 1.29 is 10.2 Å². The van der Waals surface area contributed by atoms with Gasteiger partial charge in [0.2, 0.25) is 5.72 Å². The molecule has 0 amide bonds. The Morgan fingerprint density at radius 2 is 2.33 bits per heavy atom. The lowest BCUT2D eigenvalue weighted by atomic mass is 10.1. The Bertz CT molecular complexity index is 445. The lowest BCUT2D eigenvalue weighted by Gasteiger charge is -2.19. The maximum atomic E-state index is 9.81. The van der Waals surface area contributed by atoms with E-state index >= 15 is 0 Å². The van der Waals surface area contributed by atoms with E-state index in [4.69, 9.17) is 16.1 Å². The van der Waals surface area contributed by atoms with E-state index in [0.717, 1.165) is 0 Å². The summed E-state index contributed by atoms with van der Waals surface area (Å²) < 4.78 is 1.30. The average Bonchev–Trinajstić information content (AvgIpc) is 2.49. The van der Waals surface area contributed by atoms with Crippen LogP contribution in [0, 0.1) is 11.3 Å². The highest BCUT2D eigenvalue weighted by atomic mass is 32.1. The van der Waals surface area contributed by atoms with Gasteiger partial charge in [0.15, 0.2) is 11.0 Å². The van der Waals surface area contributed by atoms with Gasteiger partial charge >= 0.3 is 0 Å². The predicted octanol–water partition coefficient (Wildman–Crippen LogP) is -0.827. The standard InChI is InChI=1S/C7H9N5O2S/c1-12-5(10-11-6(12)15)7(9,14)4(2-8)3-13/h3,13-14H,9H2,1H3,(H,11,15)/b4-3-. The molecule has 0 bridgehead atoms. The normalized spacial score (nSPS) is 15.8. The van der Waals surface area contributed by atoms with Crippen LogP contribution in [0.15, 0.2) is 17.0 Å². The molecule has 0 radical (unpaired) electrons. The van der Waals surface area contributed by atoms with Gasteiger partial charge in [-0.15, -0.1) is 22.8 Å². The molecule has 0 aliphatic carbocycles. The van der Waals surface area contributed by atoms with Crippen molar-refractivity contribution in [2.24, 2.45) is 12.8 Å². The van der Waals surface area contributed by atoms with Crippen molar-refractivity contribution in [3.05, 3.63) is 17.7 Å². The fourth-order valence-electron chi connectivity index (χ4n) is 0.986. The van der Waals surface area contributed by atoms with Crippen LogP contribution >= 0.6 is 12.6 Å². The van der Waals surface area contributed by atoms with Gasteiger partial charge in [-0.25, -0.2) is 0 Å². The van der Waals surface area contributed by atoms with Crippen LogP contribution in [-0.2, 0) is 12.8 Å². The van der Waals surface area contributed by atoms with Crippen LogP contribution in [-0.4, -0.2) is 25.0 Å². The fourth-order valence-corrected chi connectivity index (χ4v) is 1.13. The Kier molecular flexibility index (Phi) is 2.99. The number of aliphatic hydroxyl groups is 2. The molecular formula is C7H9N5O2S. The van der Waals surface area contributed by atoms with Crippen molar-refractivity contribution in [3.63, 3.8) is 0 Å². The first-order chi connectivity index (χ1) is 6.95. The Morgan fingerprint density at radius 3 is 2.67 bits per heavy atom. The molecule has 1 rings (SSSR count). The van der Waals surface area contributed by atoms with Gasteiger partial charge in [-0.2, -0.15) is 5.26 Å². The molecule has 0 aromatic carbocycles. The second-order valence-corrected chi connectivity index (χ2v) is 3.20. The second-order valence-electron chi connectivity index (χ2n) is 2.80. The SMILES string of the molecule is Cn1c(S)nnc1C(N)(O)/C(C#N)=C\O. The van der Waals surface area contributed by atoms with Crippen LogP contribution in [0.25, 0.3) is 0 Å². The van der Waals surface area contributed by atoms with Gasteiger partial charge in [0.05, 0.1) is 6.26 Å². The van der Waals surface area contributed by atoms with E-state index in [9.17, 15) is 5.11 Å². The van der Waals surface area contributed by atoms with Crippen molar-refractivity contribution in [2.45, 2.75) is 10.9 Å². The van der Waals surface area contributed by atoms with Crippen LogP contribution in [0.5, 0.6) is 0 Å². The molecule has 0 aliphatic rings. The summed E-state index contributed by atoms with van der Waals surface area (Å²) in [6.07, 6.45) is 0.423. The third-order valence-corrected chi connectivity index (χ3v) is 2.24. The van der Waals surface area contributed by atoms with Crippen molar-refractivity contribution in [3.8, 4) is 6.07 Å². The predicted molar refractivity (Wildman–Crippen MR) is 52.7 cm³/mol. The molecule has 0 saturated heterocycles. The molecule has 1 aromatic heterocycles. The number of aromatic nitrogens is 3. The van der Waals surface area contributed by atoms with Crippen LogP contribution in [0.3, 0.4) is 0 Å². The number of hydrogen-bond donors (Lipinski definition) is 4. The summed E-state index contributed by atoms with van der Waals surface area (Å²) in [4.78, 5) is 0. The Hall–Kier alpha value is -1.56. The van der Waals surface area contributed by atoms with E-state index in [1.54, 1.807) is 6.07 Å². The van der Waals surface area contributed by atoms with Crippen molar-refractivity contribution in [1.29, 1.82) is 5.26 Å². The number of nitriles is 1. The zero-order valence-corrected chi connectivity index (χ0v) is 8.68. The molecular weight excluding hydrogens is 218 g/mol. The minimum absolute atomic E-state index is 0.0886. The van der Waals surface area contributed by atoms with Crippen LogP contribution < -0.4 is 5.73 Å². The van der Waals surface area contributed by atoms with Crippen molar-refractivity contribution >= 4 is 12.6 Å². The number of hydrogen-bond acceptors (Lipinski definition) is 7. The number of nitrogens with zero attached hydrogens (tertiary/aromatic N) is 4. The summed E-state index contributed by atoms with van der Waals surface area (Å²) in [5, 5.41) is 34.5. The first kappa shape index (κ1) is 11.5. The molecule has 0 aliphatic heterocycles.